The minimum atomic E-state index is -0.406. The molecule has 0 saturated carbocycles. The third-order valence-electron chi connectivity index (χ3n) is 2.03. The lowest BCUT2D eigenvalue weighted by atomic mass is 10.2. The van der Waals surface area contributed by atoms with Gasteiger partial charge >= 0.3 is 10.8 Å². The van der Waals surface area contributed by atoms with Crippen molar-refractivity contribution in [2.45, 2.75) is 4.90 Å². The van der Waals surface area contributed by atoms with E-state index in [0.29, 0.717) is 10.5 Å². The summed E-state index contributed by atoms with van der Waals surface area (Å²) in [7, 11) is 1.33. The molecule has 2 aromatic rings. The molecule has 1 heterocycles. The lowest BCUT2D eigenvalue weighted by Crippen LogP contribution is -2.07. The molecule has 0 radical (unpaired) electrons. The van der Waals surface area contributed by atoms with Crippen LogP contribution in [0.4, 0.5) is 0 Å². The molecule has 0 bridgehead atoms. The van der Waals surface area contributed by atoms with Crippen molar-refractivity contribution in [1.82, 2.24) is 3.97 Å². The average molecular weight is 267 g/mol. The summed E-state index contributed by atoms with van der Waals surface area (Å²) >= 11 is 2.32. The number of benzene rings is 1. The van der Waals surface area contributed by atoms with E-state index in [-0.39, 0.29) is 4.87 Å². The highest BCUT2D eigenvalue weighted by Crippen LogP contribution is 2.23. The average Bonchev–Trinajstić information content (AvgIpc) is 2.75. The number of carbonyl (C=O) groups excluding carboxylic acids is 1. The first kappa shape index (κ1) is 11.9. The number of hydrogen-bond donors (Lipinski definition) is 0. The molecule has 17 heavy (non-hydrogen) atoms. The van der Waals surface area contributed by atoms with Crippen molar-refractivity contribution >= 4 is 29.3 Å². The van der Waals surface area contributed by atoms with E-state index in [2.05, 4.69) is 4.74 Å². The van der Waals surface area contributed by atoms with Crippen molar-refractivity contribution in [2.24, 2.45) is 0 Å². The van der Waals surface area contributed by atoms with Crippen molar-refractivity contribution < 1.29 is 9.53 Å². The van der Waals surface area contributed by atoms with E-state index in [9.17, 15) is 9.59 Å². The maximum absolute atomic E-state index is 11.5. The number of aromatic nitrogens is 1. The van der Waals surface area contributed by atoms with Gasteiger partial charge in [-0.3, -0.25) is 4.79 Å². The van der Waals surface area contributed by atoms with E-state index in [1.54, 1.807) is 29.8 Å². The first-order valence-electron chi connectivity index (χ1n) is 4.74. The number of nitrogens with zero attached hydrogens (tertiary/aromatic N) is 1. The smallest absolute Gasteiger partial charge is 0.339 e. The van der Waals surface area contributed by atoms with E-state index in [1.807, 2.05) is 6.07 Å². The van der Waals surface area contributed by atoms with Crippen LogP contribution in [0.2, 0.25) is 0 Å². The molecule has 0 N–H and O–H groups in total. The Bertz CT molecular complexity index is 588. The van der Waals surface area contributed by atoms with Gasteiger partial charge < -0.3 is 4.74 Å². The zero-order chi connectivity index (χ0) is 12.3. The standard InChI is InChI=1S/C11H9NO3S2/c1-15-10(13)8-4-2-3-5-9(8)17-12-6-7-16-11(12)14/h2-7H,1H3. The summed E-state index contributed by atoms with van der Waals surface area (Å²) in [6, 6.07) is 7.02. The van der Waals surface area contributed by atoms with Crippen LogP contribution in [-0.2, 0) is 4.74 Å². The van der Waals surface area contributed by atoms with Crippen molar-refractivity contribution in [2.75, 3.05) is 7.11 Å². The van der Waals surface area contributed by atoms with E-state index in [0.717, 1.165) is 11.3 Å². The number of methoxy groups -OCH3 is 1. The third-order valence-corrected chi connectivity index (χ3v) is 3.84. The van der Waals surface area contributed by atoms with E-state index in [4.69, 9.17) is 0 Å². The fourth-order valence-corrected chi connectivity index (χ4v) is 2.83. The molecule has 1 aromatic heterocycles. The fourth-order valence-electron chi connectivity index (χ4n) is 1.26. The molecule has 88 valence electrons. The Kier molecular flexibility index (Phi) is 3.65. The van der Waals surface area contributed by atoms with Crippen LogP contribution in [0.5, 0.6) is 0 Å². The topological polar surface area (TPSA) is 48.3 Å². The van der Waals surface area contributed by atoms with E-state index >= 15 is 0 Å². The second-order valence-electron chi connectivity index (χ2n) is 3.07. The molecule has 0 unspecified atom stereocenters. The molecule has 0 aliphatic rings. The van der Waals surface area contributed by atoms with Gasteiger partial charge in [0.25, 0.3) is 0 Å². The van der Waals surface area contributed by atoms with Crippen LogP contribution < -0.4 is 4.87 Å². The monoisotopic (exact) mass is 267 g/mol. The zero-order valence-corrected chi connectivity index (χ0v) is 10.6. The van der Waals surface area contributed by atoms with Crippen molar-refractivity contribution in [3.8, 4) is 0 Å². The van der Waals surface area contributed by atoms with Crippen molar-refractivity contribution in [3.05, 3.63) is 51.1 Å². The second-order valence-corrected chi connectivity index (χ2v) is 4.95. The molecule has 0 amide bonds. The van der Waals surface area contributed by atoms with Gasteiger partial charge in [-0.1, -0.05) is 23.5 Å². The molecule has 2 rings (SSSR count). The van der Waals surface area contributed by atoms with Crippen LogP contribution in [0.3, 0.4) is 0 Å². The Hall–Kier alpha value is -1.53. The summed E-state index contributed by atoms with van der Waals surface area (Å²) in [5.74, 6) is -0.406. The maximum Gasteiger partial charge on any atom is 0.339 e. The molecular formula is C11H9NO3S2. The highest BCUT2D eigenvalue weighted by atomic mass is 32.2. The third kappa shape index (κ3) is 2.59. The number of esters is 1. The Balaban J connectivity index is 2.36. The van der Waals surface area contributed by atoms with E-state index in [1.165, 1.54) is 23.0 Å². The number of ether oxygens (including phenoxy) is 1. The summed E-state index contributed by atoms with van der Waals surface area (Å²) in [4.78, 5) is 23.6. The maximum atomic E-state index is 11.5. The summed E-state index contributed by atoms with van der Waals surface area (Å²) in [5.41, 5.74) is 0.457. The number of hydrogen-bond acceptors (Lipinski definition) is 5. The molecule has 6 heteroatoms. The molecule has 0 aliphatic heterocycles. The van der Waals surface area contributed by atoms with Crippen LogP contribution in [0.15, 0.2) is 45.5 Å². The van der Waals surface area contributed by atoms with Gasteiger partial charge in [-0.25, -0.2) is 8.77 Å². The molecule has 1 aromatic carbocycles. The Morgan fingerprint density at radius 2 is 2.18 bits per heavy atom. The lowest BCUT2D eigenvalue weighted by molar-refractivity contribution is 0.0597. The molecule has 0 fully saturated rings. The van der Waals surface area contributed by atoms with Gasteiger partial charge in [-0.05, 0) is 24.1 Å². The normalized spacial score (nSPS) is 10.2. The minimum Gasteiger partial charge on any atom is -0.465 e. The first-order chi connectivity index (χ1) is 8.22. The molecule has 0 aliphatic carbocycles. The molecule has 0 spiro atoms. The number of rotatable bonds is 3. The van der Waals surface area contributed by atoms with Crippen molar-refractivity contribution in [3.63, 3.8) is 0 Å². The molecule has 0 saturated heterocycles. The van der Waals surface area contributed by atoms with Crippen LogP contribution in [0.25, 0.3) is 0 Å². The molecule has 0 atom stereocenters. The zero-order valence-electron chi connectivity index (χ0n) is 8.95. The Morgan fingerprint density at radius 3 is 2.82 bits per heavy atom. The van der Waals surface area contributed by atoms with Gasteiger partial charge in [-0.15, -0.1) is 0 Å². The van der Waals surface area contributed by atoms with Crippen LogP contribution in [0, 0.1) is 0 Å². The molecule has 4 nitrogen and oxygen atoms in total. The Labute approximate surface area is 106 Å². The van der Waals surface area contributed by atoms with Gasteiger partial charge in [-0.2, -0.15) is 0 Å². The summed E-state index contributed by atoms with van der Waals surface area (Å²) in [6.07, 6.45) is 1.67. The molecular weight excluding hydrogens is 258 g/mol. The number of carbonyl (C=O) groups is 1. The minimum absolute atomic E-state index is 0.0744. The first-order valence-corrected chi connectivity index (χ1v) is 6.39. The van der Waals surface area contributed by atoms with Crippen LogP contribution >= 0.6 is 23.3 Å². The summed E-state index contributed by atoms with van der Waals surface area (Å²) in [6.45, 7) is 0. The van der Waals surface area contributed by atoms with Gasteiger partial charge in [0.15, 0.2) is 0 Å². The van der Waals surface area contributed by atoms with Crippen LogP contribution in [0.1, 0.15) is 10.4 Å². The Morgan fingerprint density at radius 1 is 1.41 bits per heavy atom. The predicted molar refractivity (Wildman–Crippen MR) is 67.6 cm³/mol. The summed E-state index contributed by atoms with van der Waals surface area (Å²) < 4.78 is 6.17. The highest BCUT2D eigenvalue weighted by Gasteiger charge is 2.12. The second kappa shape index (κ2) is 5.20. The predicted octanol–water partition coefficient (Wildman–Crippen LogP) is 2.25. The number of thiazole rings is 1. The largest absolute Gasteiger partial charge is 0.465 e. The van der Waals surface area contributed by atoms with Gasteiger partial charge in [0.1, 0.15) is 0 Å². The quantitative estimate of drug-likeness (QED) is 0.800. The highest BCUT2D eigenvalue weighted by molar-refractivity contribution is 7.98. The van der Waals surface area contributed by atoms with Crippen LogP contribution in [-0.4, -0.2) is 17.1 Å². The van der Waals surface area contributed by atoms with E-state index < -0.39 is 5.97 Å². The van der Waals surface area contributed by atoms with Crippen molar-refractivity contribution in [1.29, 1.82) is 0 Å². The van der Waals surface area contributed by atoms with Gasteiger partial charge in [0, 0.05) is 16.5 Å². The van der Waals surface area contributed by atoms with Gasteiger partial charge in [0.2, 0.25) is 0 Å². The summed E-state index contributed by atoms with van der Waals surface area (Å²) in [5, 5.41) is 1.70. The SMILES string of the molecule is COC(=O)c1ccccc1Sn1ccsc1=O. The fraction of sp³-hybridized carbons (Fsp3) is 0.0909. The lowest BCUT2D eigenvalue weighted by Gasteiger charge is -2.06. The van der Waals surface area contributed by atoms with Gasteiger partial charge in [0.05, 0.1) is 12.7 Å².